The fourth-order valence-corrected chi connectivity index (χ4v) is 3.41. The summed E-state index contributed by atoms with van der Waals surface area (Å²) in [7, 11) is 0. The number of likely N-dealkylation sites (tertiary alicyclic amines) is 1. The molecule has 19 heavy (non-hydrogen) atoms. The third kappa shape index (κ3) is 3.58. The molecule has 2 aliphatic rings. The summed E-state index contributed by atoms with van der Waals surface area (Å²) in [5.74, 6) is 0.778. The Morgan fingerprint density at radius 1 is 1.05 bits per heavy atom. The summed E-state index contributed by atoms with van der Waals surface area (Å²) < 4.78 is 5.71. The first kappa shape index (κ1) is 13.1. The highest BCUT2D eigenvalue weighted by Crippen LogP contribution is 2.28. The molecule has 1 aromatic carbocycles. The van der Waals surface area contributed by atoms with Crippen molar-refractivity contribution >= 4 is 0 Å². The first-order chi connectivity index (χ1) is 9.42. The highest BCUT2D eigenvalue weighted by molar-refractivity contribution is 5.19. The van der Waals surface area contributed by atoms with Gasteiger partial charge in [-0.2, -0.15) is 0 Å². The van der Waals surface area contributed by atoms with Crippen molar-refractivity contribution in [2.24, 2.45) is 0 Å². The number of ether oxygens (including phenoxy) is 1. The van der Waals surface area contributed by atoms with E-state index in [0.29, 0.717) is 6.10 Å². The minimum Gasteiger partial charge on any atom is -0.378 e. The molecule has 0 spiro atoms. The van der Waals surface area contributed by atoms with Crippen LogP contribution in [0.15, 0.2) is 30.3 Å². The molecule has 3 rings (SSSR count). The number of nitrogens with zero attached hydrogens (tertiary/aromatic N) is 1. The molecule has 2 nitrogen and oxygen atoms in total. The lowest BCUT2D eigenvalue weighted by atomic mass is 9.89. The molecule has 2 aliphatic heterocycles. The molecular weight excluding hydrogens is 234 g/mol. The summed E-state index contributed by atoms with van der Waals surface area (Å²) in [6, 6.07) is 11.0. The van der Waals surface area contributed by atoms with Gasteiger partial charge in [-0.05, 0) is 56.7 Å². The Bertz CT molecular complexity index is 364. The monoisotopic (exact) mass is 259 g/mol. The molecule has 1 aromatic rings. The van der Waals surface area contributed by atoms with Gasteiger partial charge in [0.05, 0.1) is 6.10 Å². The Morgan fingerprint density at radius 2 is 1.84 bits per heavy atom. The van der Waals surface area contributed by atoms with Crippen LogP contribution in [-0.2, 0) is 4.74 Å². The van der Waals surface area contributed by atoms with Crippen LogP contribution >= 0.6 is 0 Å². The topological polar surface area (TPSA) is 12.5 Å². The minimum atomic E-state index is 0.548. The highest BCUT2D eigenvalue weighted by Gasteiger charge is 2.22. The van der Waals surface area contributed by atoms with Crippen LogP contribution in [-0.4, -0.2) is 37.2 Å². The van der Waals surface area contributed by atoms with Crippen LogP contribution in [0.25, 0.3) is 0 Å². The normalized spacial score (nSPS) is 25.8. The number of hydrogen-bond acceptors (Lipinski definition) is 2. The second-order valence-electron chi connectivity index (χ2n) is 5.95. The molecule has 2 heterocycles. The molecule has 2 heteroatoms. The number of hydrogen-bond donors (Lipinski definition) is 0. The molecule has 0 amide bonds. The zero-order valence-corrected chi connectivity index (χ0v) is 11.8. The van der Waals surface area contributed by atoms with Crippen LogP contribution in [0, 0.1) is 0 Å². The van der Waals surface area contributed by atoms with Crippen LogP contribution in [0.2, 0.25) is 0 Å². The first-order valence-corrected chi connectivity index (χ1v) is 7.81. The molecule has 0 saturated carbocycles. The van der Waals surface area contributed by atoms with E-state index in [1.165, 1.54) is 57.3 Å². The third-order valence-corrected chi connectivity index (χ3v) is 4.65. The maximum Gasteiger partial charge on any atom is 0.0588 e. The molecule has 0 bridgehead atoms. The van der Waals surface area contributed by atoms with Crippen molar-refractivity contribution in [2.75, 3.05) is 26.2 Å². The van der Waals surface area contributed by atoms with Gasteiger partial charge >= 0.3 is 0 Å². The van der Waals surface area contributed by atoms with Crippen molar-refractivity contribution in [2.45, 2.75) is 44.1 Å². The summed E-state index contributed by atoms with van der Waals surface area (Å²) >= 11 is 0. The lowest BCUT2D eigenvalue weighted by molar-refractivity contribution is 0.0877. The predicted octanol–water partition coefficient (Wildman–Crippen LogP) is 3.44. The second-order valence-corrected chi connectivity index (χ2v) is 5.95. The molecular formula is C17H25NO. The van der Waals surface area contributed by atoms with Crippen LogP contribution in [0.3, 0.4) is 0 Å². The fraction of sp³-hybridized carbons (Fsp3) is 0.647. The summed E-state index contributed by atoms with van der Waals surface area (Å²) in [4.78, 5) is 2.63. The van der Waals surface area contributed by atoms with E-state index in [1.54, 1.807) is 0 Å². The summed E-state index contributed by atoms with van der Waals surface area (Å²) in [5.41, 5.74) is 1.53. The Morgan fingerprint density at radius 3 is 2.53 bits per heavy atom. The van der Waals surface area contributed by atoms with Crippen LogP contribution in [0.4, 0.5) is 0 Å². The number of piperidine rings is 1. The molecule has 0 N–H and O–H groups in total. The van der Waals surface area contributed by atoms with Crippen LogP contribution < -0.4 is 0 Å². The van der Waals surface area contributed by atoms with Crippen molar-refractivity contribution in [1.29, 1.82) is 0 Å². The van der Waals surface area contributed by atoms with E-state index in [0.717, 1.165) is 12.5 Å². The summed E-state index contributed by atoms with van der Waals surface area (Å²) in [6.07, 6.45) is 6.95. The van der Waals surface area contributed by atoms with Crippen molar-refractivity contribution in [3.63, 3.8) is 0 Å². The largest absolute Gasteiger partial charge is 0.378 e. The van der Waals surface area contributed by atoms with Gasteiger partial charge in [-0.15, -0.1) is 0 Å². The van der Waals surface area contributed by atoms with E-state index in [4.69, 9.17) is 4.74 Å². The van der Waals surface area contributed by atoms with Crippen molar-refractivity contribution in [3.05, 3.63) is 35.9 Å². The Labute approximate surface area is 116 Å². The average molecular weight is 259 g/mol. The van der Waals surface area contributed by atoms with Gasteiger partial charge < -0.3 is 9.64 Å². The molecule has 1 atom stereocenters. The van der Waals surface area contributed by atoms with E-state index in [9.17, 15) is 0 Å². The van der Waals surface area contributed by atoms with Crippen molar-refractivity contribution in [1.82, 2.24) is 4.90 Å². The first-order valence-electron chi connectivity index (χ1n) is 7.81. The maximum atomic E-state index is 5.71. The fourth-order valence-electron chi connectivity index (χ4n) is 3.41. The second kappa shape index (κ2) is 6.53. The maximum absolute atomic E-state index is 5.71. The zero-order valence-electron chi connectivity index (χ0n) is 11.8. The molecule has 0 aliphatic carbocycles. The summed E-state index contributed by atoms with van der Waals surface area (Å²) in [6.45, 7) is 4.73. The van der Waals surface area contributed by atoms with E-state index >= 15 is 0 Å². The van der Waals surface area contributed by atoms with E-state index in [-0.39, 0.29) is 0 Å². The van der Waals surface area contributed by atoms with E-state index in [2.05, 4.69) is 35.2 Å². The standard InChI is InChI=1S/C17H25NO/c1-2-5-15(6-3-1)16-8-11-18(12-9-16)13-10-17-7-4-14-19-17/h1-3,5-6,16-17H,4,7-14H2. The molecule has 0 radical (unpaired) electrons. The van der Waals surface area contributed by atoms with Gasteiger partial charge in [0.15, 0.2) is 0 Å². The minimum absolute atomic E-state index is 0.548. The zero-order chi connectivity index (χ0) is 12.9. The van der Waals surface area contributed by atoms with Gasteiger partial charge in [0.25, 0.3) is 0 Å². The van der Waals surface area contributed by atoms with Gasteiger partial charge in [0, 0.05) is 13.2 Å². The van der Waals surface area contributed by atoms with Crippen molar-refractivity contribution < 1.29 is 4.74 Å². The van der Waals surface area contributed by atoms with Gasteiger partial charge in [-0.25, -0.2) is 0 Å². The molecule has 2 fully saturated rings. The van der Waals surface area contributed by atoms with Gasteiger partial charge in [0.2, 0.25) is 0 Å². The number of rotatable bonds is 4. The van der Waals surface area contributed by atoms with Gasteiger partial charge in [-0.3, -0.25) is 0 Å². The molecule has 1 unspecified atom stereocenters. The Balaban J connectivity index is 1.42. The smallest absolute Gasteiger partial charge is 0.0588 e. The highest BCUT2D eigenvalue weighted by atomic mass is 16.5. The molecule has 0 aromatic heterocycles. The predicted molar refractivity (Wildman–Crippen MR) is 78.4 cm³/mol. The van der Waals surface area contributed by atoms with Gasteiger partial charge in [-0.1, -0.05) is 30.3 Å². The quantitative estimate of drug-likeness (QED) is 0.821. The van der Waals surface area contributed by atoms with Crippen LogP contribution in [0.1, 0.15) is 43.6 Å². The molecule has 104 valence electrons. The number of benzene rings is 1. The summed E-state index contributed by atoms with van der Waals surface area (Å²) in [5, 5.41) is 0. The Kier molecular flexibility index (Phi) is 4.52. The van der Waals surface area contributed by atoms with Gasteiger partial charge in [0.1, 0.15) is 0 Å². The van der Waals surface area contributed by atoms with E-state index in [1.807, 2.05) is 0 Å². The van der Waals surface area contributed by atoms with Crippen molar-refractivity contribution in [3.8, 4) is 0 Å². The van der Waals surface area contributed by atoms with Crippen LogP contribution in [0.5, 0.6) is 0 Å². The lowest BCUT2D eigenvalue weighted by Crippen LogP contribution is -2.34. The van der Waals surface area contributed by atoms with E-state index < -0.39 is 0 Å². The average Bonchev–Trinajstić information content (AvgIpc) is 3.00. The molecule has 2 saturated heterocycles. The SMILES string of the molecule is c1ccc(C2CCN(CCC3CCCO3)CC2)cc1. The lowest BCUT2D eigenvalue weighted by Gasteiger charge is -2.32. The Hall–Kier alpha value is -0.860. The third-order valence-electron chi connectivity index (χ3n) is 4.65.